The van der Waals surface area contributed by atoms with Gasteiger partial charge in [-0.05, 0) is 42.8 Å². The highest BCUT2D eigenvalue weighted by Gasteiger charge is 2.24. The fraction of sp³-hybridized carbons (Fsp3) is 0.190. The first-order valence-electron chi connectivity index (χ1n) is 8.34. The molecule has 0 atom stereocenters. The average molecular weight is 345 g/mol. The first-order chi connectivity index (χ1) is 12.6. The lowest BCUT2D eigenvalue weighted by Gasteiger charge is -2.17. The highest BCUT2D eigenvalue weighted by molar-refractivity contribution is 6.12. The van der Waals surface area contributed by atoms with Gasteiger partial charge in [-0.1, -0.05) is 29.8 Å². The second-order valence-electron chi connectivity index (χ2n) is 6.13. The van der Waals surface area contributed by atoms with Crippen molar-refractivity contribution in [2.24, 2.45) is 4.99 Å². The van der Waals surface area contributed by atoms with Crippen molar-refractivity contribution in [3.8, 4) is 6.07 Å². The van der Waals surface area contributed by atoms with E-state index in [0.717, 1.165) is 22.4 Å². The number of nitrogens with zero attached hydrogens (tertiary/aromatic N) is 3. The molecule has 26 heavy (non-hydrogen) atoms. The zero-order valence-electron chi connectivity index (χ0n) is 14.8. The van der Waals surface area contributed by atoms with Crippen molar-refractivity contribution in [2.45, 2.75) is 13.3 Å². The fourth-order valence-electron chi connectivity index (χ4n) is 2.64. The Morgan fingerprint density at radius 2 is 2.00 bits per heavy atom. The van der Waals surface area contributed by atoms with Gasteiger partial charge in [0.25, 0.3) is 0 Å². The summed E-state index contributed by atoms with van der Waals surface area (Å²) < 4.78 is 5.30. The summed E-state index contributed by atoms with van der Waals surface area (Å²) in [6.45, 7) is 2.65. The average Bonchev–Trinajstić information content (AvgIpc) is 3.01. The smallest absolute Gasteiger partial charge is 0.363 e. The third kappa shape index (κ3) is 3.98. The fourth-order valence-corrected chi connectivity index (χ4v) is 2.64. The summed E-state index contributed by atoms with van der Waals surface area (Å²) in [4.78, 5) is 18.4. The Labute approximate surface area is 152 Å². The van der Waals surface area contributed by atoms with Crippen LogP contribution in [-0.2, 0) is 9.53 Å². The summed E-state index contributed by atoms with van der Waals surface area (Å²) >= 11 is 0. The molecule has 130 valence electrons. The van der Waals surface area contributed by atoms with Crippen LogP contribution in [0.5, 0.6) is 0 Å². The summed E-state index contributed by atoms with van der Waals surface area (Å²) in [5.41, 5.74) is 4.03. The minimum Gasteiger partial charge on any atom is -0.402 e. The third-order valence-corrected chi connectivity index (χ3v) is 4.08. The summed E-state index contributed by atoms with van der Waals surface area (Å²) in [6.07, 6.45) is 2.19. The molecular formula is C21H19N3O2. The molecule has 2 aromatic carbocycles. The van der Waals surface area contributed by atoms with Gasteiger partial charge in [0, 0.05) is 24.8 Å². The van der Waals surface area contributed by atoms with Crippen molar-refractivity contribution in [3.05, 3.63) is 70.9 Å². The predicted molar refractivity (Wildman–Crippen MR) is 102 cm³/mol. The molecule has 1 heterocycles. The van der Waals surface area contributed by atoms with E-state index in [1.165, 1.54) is 0 Å². The van der Waals surface area contributed by atoms with E-state index in [-0.39, 0.29) is 5.70 Å². The Bertz CT molecular complexity index is 921. The van der Waals surface area contributed by atoms with Crippen LogP contribution in [0, 0.1) is 18.3 Å². The van der Waals surface area contributed by atoms with E-state index >= 15 is 0 Å². The number of carbonyl (C=O) groups is 1. The van der Waals surface area contributed by atoms with E-state index in [0.29, 0.717) is 18.9 Å². The van der Waals surface area contributed by atoms with Gasteiger partial charge in [-0.25, -0.2) is 9.79 Å². The number of aliphatic imine (C=N–C) groups is 1. The molecule has 0 bridgehead atoms. The van der Waals surface area contributed by atoms with Crippen LogP contribution in [-0.4, -0.2) is 25.5 Å². The van der Waals surface area contributed by atoms with Crippen molar-refractivity contribution in [1.29, 1.82) is 5.26 Å². The molecule has 0 N–H and O–H groups in total. The largest absolute Gasteiger partial charge is 0.402 e. The van der Waals surface area contributed by atoms with Gasteiger partial charge >= 0.3 is 5.97 Å². The van der Waals surface area contributed by atoms with E-state index < -0.39 is 5.97 Å². The number of hydrogen-bond acceptors (Lipinski definition) is 5. The summed E-state index contributed by atoms with van der Waals surface area (Å²) in [7, 11) is 1.94. The highest BCUT2D eigenvalue weighted by atomic mass is 16.6. The molecule has 0 saturated carbocycles. The van der Waals surface area contributed by atoms with Crippen LogP contribution in [0.4, 0.5) is 5.69 Å². The summed E-state index contributed by atoms with van der Waals surface area (Å²) in [5, 5.41) is 8.67. The number of cyclic esters (lactones) is 1. The number of anilines is 1. The van der Waals surface area contributed by atoms with Crippen LogP contribution in [0.3, 0.4) is 0 Å². The first-order valence-corrected chi connectivity index (χ1v) is 8.34. The molecular weight excluding hydrogens is 326 g/mol. The maximum absolute atomic E-state index is 12.1. The molecule has 1 aliphatic rings. The lowest BCUT2D eigenvalue weighted by molar-refractivity contribution is -0.129. The summed E-state index contributed by atoms with van der Waals surface area (Å²) in [6, 6.07) is 17.6. The Morgan fingerprint density at radius 3 is 2.69 bits per heavy atom. The number of carbonyl (C=O) groups excluding carboxylic acids is 1. The van der Waals surface area contributed by atoms with E-state index in [1.54, 1.807) is 6.08 Å². The normalized spacial score (nSPS) is 14.7. The predicted octanol–water partition coefficient (Wildman–Crippen LogP) is 3.69. The van der Waals surface area contributed by atoms with Crippen LogP contribution in [0.25, 0.3) is 6.08 Å². The molecule has 3 rings (SSSR count). The topological polar surface area (TPSA) is 65.7 Å². The Kier molecular flexibility index (Phi) is 5.14. The maximum Gasteiger partial charge on any atom is 0.363 e. The van der Waals surface area contributed by atoms with Gasteiger partial charge in [0.1, 0.15) is 0 Å². The number of rotatable bonds is 5. The van der Waals surface area contributed by atoms with E-state index in [1.807, 2.05) is 67.4 Å². The molecule has 5 nitrogen and oxygen atoms in total. The van der Waals surface area contributed by atoms with Crippen molar-refractivity contribution in [3.63, 3.8) is 0 Å². The Morgan fingerprint density at radius 1 is 1.23 bits per heavy atom. The minimum atomic E-state index is -0.447. The van der Waals surface area contributed by atoms with Gasteiger partial charge in [-0.2, -0.15) is 5.26 Å². The number of nitriles is 1. The number of hydrogen-bond donors (Lipinski definition) is 0. The van der Waals surface area contributed by atoms with Crippen molar-refractivity contribution < 1.29 is 9.53 Å². The molecule has 0 radical (unpaired) electrons. The van der Waals surface area contributed by atoms with Gasteiger partial charge in [0.05, 0.1) is 12.5 Å². The molecule has 0 aromatic heterocycles. The molecule has 1 aliphatic heterocycles. The van der Waals surface area contributed by atoms with Crippen LogP contribution < -0.4 is 4.90 Å². The lowest BCUT2D eigenvalue weighted by atomic mass is 10.1. The second-order valence-corrected chi connectivity index (χ2v) is 6.13. The molecule has 0 fully saturated rings. The van der Waals surface area contributed by atoms with E-state index in [9.17, 15) is 4.79 Å². The SMILES string of the molecule is Cc1cccc(C2=N/C(=C\c3ccc(N(C)CCC#N)cc3)C(=O)O2)c1. The van der Waals surface area contributed by atoms with Gasteiger partial charge in [0.15, 0.2) is 5.70 Å². The number of benzene rings is 2. The minimum absolute atomic E-state index is 0.284. The molecule has 0 amide bonds. The third-order valence-electron chi connectivity index (χ3n) is 4.08. The van der Waals surface area contributed by atoms with Gasteiger partial charge < -0.3 is 9.64 Å². The standard InChI is InChI=1S/C21H19N3O2/c1-15-5-3-6-17(13-15)20-23-19(21(25)26-20)14-16-7-9-18(10-8-16)24(2)12-4-11-22/h3,5-10,13-14H,4,12H2,1-2H3/b19-14-. The summed E-state index contributed by atoms with van der Waals surface area (Å²) in [5.74, 6) is -0.116. The zero-order valence-corrected chi connectivity index (χ0v) is 14.8. The molecule has 0 spiro atoms. The van der Waals surface area contributed by atoms with Crippen LogP contribution >= 0.6 is 0 Å². The lowest BCUT2D eigenvalue weighted by Crippen LogP contribution is -2.17. The quantitative estimate of drug-likeness (QED) is 0.612. The number of esters is 1. The van der Waals surface area contributed by atoms with Gasteiger partial charge in [0.2, 0.25) is 5.90 Å². The van der Waals surface area contributed by atoms with Crippen molar-refractivity contribution in [2.75, 3.05) is 18.5 Å². The molecule has 0 unspecified atom stereocenters. The number of aryl methyl sites for hydroxylation is 1. The van der Waals surface area contributed by atoms with Gasteiger partial charge in [-0.3, -0.25) is 0 Å². The first kappa shape index (κ1) is 17.4. The monoisotopic (exact) mass is 345 g/mol. The van der Waals surface area contributed by atoms with E-state index in [4.69, 9.17) is 10.00 Å². The Balaban J connectivity index is 1.79. The van der Waals surface area contributed by atoms with Crippen LogP contribution in [0.1, 0.15) is 23.1 Å². The highest BCUT2D eigenvalue weighted by Crippen LogP contribution is 2.21. The molecule has 0 saturated heterocycles. The molecule has 2 aromatic rings. The number of ether oxygens (including phenoxy) is 1. The molecule has 5 heteroatoms. The second kappa shape index (κ2) is 7.66. The van der Waals surface area contributed by atoms with Crippen molar-refractivity contribution in [1.82, 2.24) is 0 Å². The van der Waals surface area contributed by atoms with Gasteiger partial charge in [-0.15, -0.1) is 0 Å². The van der Waals surface area contributed by atoms with E-state index in [2.05, 4.69) is 11.1 Å². The maximum atomic E-state index is 12.1. The van der Waals surface area contributed by atoms with Crippen molar-refractivity contribution >= 4 is 23.6 Å². The zero-order chi connectivity index (χ0) is 18.5. The molecule has 0 aliphatic carbocycles. The Hall–Kier alpha value is -3.39. The van der Waals surface area contributed by atoms with Crippen LogP contribution in [0.2, 0.25) is 0 Å². The van der Waals surface area contributed by atoms with Crippen LogP contribution in [0.15, 0.2) is 59.2 Å².